The molecule has 1 aliphatic heterocycles. The number of amides is 2. The van der Waals surface area contributed by atoms with Crippen LogP contribution in [0, 0.1) is 0 Å². The van der Waals surface area contributed by atoms with E-state index in [0.717, 1.165) is 12.1 Å². The Morgan fingerprint density at radius 2 is 2.28 bits per heavy atom. The number of hydrogen-bond acceptors (Lipinski definition) is 3. The van der Waals surface area contributed by atoms with E-state index in [2.05, 4.69) is 20.2 Å². The smallest absolute Gasteiger partial charge is 0.235 e. The van der Waals surface area contributed by atoms with Gasteiger partial charge in [-0.25, -0.2) is 0 Å². The minimum Gasteiger partial charge on any atom is -0.356 e. The van der Waals surface area contributed by atoms with Crippen molar-refractivity contribution in [1.29, 1.82) is 0 Å². The maximum Gasteiger partial charge on any atom is 0.235 e. The molecule has 1 saturated heterocycles. The van der Waals surface area contributed by atoms with Crippen LogP contribution >= 0.6 is 0 Å². The van der Waals surface area contributed by atoms with Gasteiger partial charge in [0.1, 0.15) is 5.25 Å². The van der Waals surface area contributed by atoms with Crippen LogP contribution in [-0.4, -0.2) is 35.2 Å². The van der Waals surface area contributed by atoms with E-state index in [1.165, 1.54) is 0 Å². The van der Waals surface area contributed by atoms with Crippen LogP contribution in [0.2, 0.25) is 0 Å². The standard InChI is InChI=1S/C11H20N4O2S/c1-4-5-12-10(16)6-9-11(17)13-7-18(9)15-14-8(2)3/h9H,4-7H2,1-3H3,(H,12,16)(H,13,17). The largest absolute Gasteiger partial charge is 0.356 e. The molecular formula is C11H20N4O2S. The van der Waals surface area contributed by atoms with E-state index in [1.54, 1.807) is 0 Å². The summed E-state index contributed by atoms with van der Waals surface area (Å²) in [7, 11) is -0.526. The molecule has 0 aromatic rings. The molecule has 0 saturated carbocycles. The van der Waals surface area contributed by atoms with Gasteiger partial charge in [0.25, 0.3) is 0 Å². The molecule has 7 heteroatoms. The summed E-state index contributed by atoms with van der Waals surface area (Å²) in [5.41, 5.74) is 0.844. The molecule has 102 valence electrons. The normalized spacial score (nSPS) is 22.7. The van der Waals surface area contributed by atoms with Gasteiger partial charge in [-0.15, -0.1) is 4.47 Å². The van der Waals surface area contributed by atoms with Crippen molar-refractivity contribution in [1.82, 2.24) is 10.6 Å². The SMILES string of the molecule is CCCNC(=O)CC1C(=O)NC/S1=N\N=C(C)C. The number of hydrogen-bond donors (Lipinski definition) is 2. The number of rotatable bonds is 5. The Balaban J connectivity index is 2.65. The molecule has 0 aromatic heterocycles. The quantitative estimate of drug-likeness (QED) is 0.566. The van der Waals surface area contributed by atoms with E-state index in [4.69, 9.17) is 0 Å². The van der Waals surface area contributed by atoms with Crippen LogP contribution in [0.1, 0.15) is 33.6 Å². The highest BCUT2D eigenvalue weighted by molar-refractivity contribution is 7.89. The van der Waals surface area contributed by atoms with Crippen LogP contribution < -0.4 is 10.6 Å². The first kappa shape index (κ1) is 14.8. The minimum atomic E-state index is -0.526. The molecular weight excluding hydrogens is 252 g/mol. The number of carbonyl (C=O) groups is 2. The molecule has 0 bridgehead atoms. The van der Waals surface area contributed by atoms with Crippen molar-refractivity contribution in [3.8, 4) is 0 Å². The fourth-order valence-electron chi connectivity index (χ4n) is 1.40. The van der Waals surface area contributed by atoms with E-state index in [-0.39, 0.29) is 23.5 Å². The average molecular weight is 272 g/mol. The molecule has 2 unspecified atom stereocenters. The van der Waals surface area contributed by atoms with Gasteiger partial charge < -0.3 is 10.6 Å². The van der Waals surface area contributed by atoms with E-state index in [1.807, 2.05) is 20.8 Å². The molecule has 2 N–H and O–H groups in total. The Morgan fingerprint density at radius 1 is 1.56 bits per heavy atom. The van der Waals surface area contributed by atoms with Crippen LogP contribution in [0.3, 0.4) is 0 Å². The van der Waals surface area contributed by atoms with Gasteiger partial charge in [-0.1, -0.05) is 6.92 Å². The molecule has 1 fully saturated rings. The molecule has 0 radical (unpaired) electrons. The first-order chi connectivity index (χ1) is 8.54. The Hall–Kier alpha value is -1.24. The molecule has 2 atom stereocenters. The first-order valence-corrected chi connectivity index (χ1v) is 7.42. The van der Waals surface area contributed by atoms with Gasteiger partial charge >= 0.3 is 0 Å². The molecule has 0 spiro atoms. The third-order valence-corrected chi connectivity index (χ3v) is 4.07. The third kappa shape index (κ3) is 4.56. The van der Waals surface area contributed by atoms with Gasteiger partial charge in [0.05, 0.1) is 5.88 Å². The van der Waals surface area contributed by atoms with Crippen molar-refractivity contribution in [3.05, 3.63) is 0 Å². The van der Waals surface area contributed by atoms with E-state index < -0.39 is 10.7 Å². The fourth-order valence-corrected chi connectivity index (χ4v) is 3.00. The monoisotopic (exact) mass is 272 g/mol. The average Bonchev–Trinajstić information content (AvgIpc) is 2.66. The maximum absolute atomic E-state index is 11.6. The summed E-state index contributed by atoms with van der Waals surface area (Å²) in [6.07, 6.45) is 1.08. The predicted molar refractivity (Wildman–Crippen MR) is 73.3 cm³/mol. The summed E-state index contributed by atoms with van der Waals surface area (Å²) in [5.74, 6) is 0.294. The Bertz CT molecular complexity index is 389. The van der Waals surface area contributed by atoms with Crippen molar-refractivity contribution in [3.63, 3.8) is 0 Å². The highest BCUT2D eigenvalue weighted by Crippen LogP contribution is 2.12. The highest BCUT2D eigenvalue weighted by atomic mass is 32.2. The first-order valence-electron chi connectivity index (χ1n) is 6.00. The fraction of sp³-hybridized carbons (Fsp3) is 0.727. The maximum atomic E-state index is 11.6. The van der Waals surface area contributed by atoms with E-state index >= 15 is 0 Å². The van der Waals surface area contributed by atoms with Crippen LogP contribution in [0.5, 0.6) is 0 Å². The molecule has 2 amide bonds. The topological polar surface area (TPSA) is 82.9 Å². The van der Waals surface area contributed by atoms with Gasteiger partial charge in [-0.2, -0.15) is 5.10 Å². The van der Waals surface area contributed by atoms with Crippen LogP contribution in [-0.2, 0) is 20.3 Å². The van der Waals surface area contributed by atoms with Gasteiger partial charge in [0.15, 0.2) is 0 Å². The molecule has 18 heavy (non-hydrogen) atoms. The summed E-state index contributed by atoms with van der Waals surface area (Å²) in [5, 5.41) is 9.13. The minimum absolute atomic E-state index is 0.0937. The lowest BCUT2D eigenvalue weighted by atomic mass is 10.2. The van der Waals surface area contributed by atoms with Crippen molar-refractivity contribution in [2.24, 2.45) is 9.57 Å². The second kappa shape index (κ2) is 7.25. The third-order valence-electron chi connectivity index (χ3n) is 2.30. The predicted octanol–water partition coefficient (Wildman–Crippen LogP) is 0.556. The summed E-state index contributed by atoms with van der Waals surface area (Å²) in [6, 6.07) is 0. The zero-order valence-electron chi connectivity index (χ0n) is 11.0. The lowest BCUT2D eigenvalue weighted by Gasteiger charge is -2.08. The number of nitrogens with one attached hydrogen (secondary N) is 2. The van der Waals surface area contributed by atoms with Gasteiger partial charge in [-0.3, -0.25) is 9.59 Å². The van der Waals surface area contributed by atoms with Gasteiger partial charge in [-0.05, 0) is 31.0 Å². The molecule has 0 aliphatic carbocycles. The second-order valence-corrected chi connectivity index (χ2v) is 6.08. The Kier molecular flexibility index (Phi) is 5.97. The Morgan fingerprint density at radius 3 is 2.89 bits per heavy atom. The highest BCUT2D eigenvalue weighted by Gasteiger charge is 2.31. The van der Waals surface area contributed by atoms with Gasteiger partial charge in [0.2, 0.25) is 11.8 Å². The van der Waals surface area contributed by atoms with Crippen molar-refractivity contribution >= 4 is 28.2 Å². The lowest BCUT2D eigenvalue weighted by Crippen LogP contribution is -2.32. The lowest BCUT2D eigenvalue weighted by molar-refractivity contribution is -0.125. The molecule has 1 heterocycles. The number of nitrogens with zero attached hydrogens (tertiary/aromatic N) is 2. The number of carbonyl (C=O) groups excluding carboxylic acids is 2. The summed E-state index contributed by atoms with van der Waals surface area (Å²) in [6.45, 7) is 6.33. The van der Waals surface area contributed by atoms with Crippen LogP contribution in [0.15, 0.2) is 9.57 Å². The van der Waals surface area contributed by atoms with Crippen molar-refractivity contribution < 1.29 is 9.59 Å². The van der Waals surface area contributed by atoms with Gasteiger partial charge in [0, 0.05) is 18.7 Å². The zero-order chi connectivity index (χ0) is 13.5. The zero-order valence-corrected chi connectivity index (χ0v) is 11.8. The molecule has 0 aromatic carbocycles. The molecule has 1 aliphatic rings. The van der Waals surface area contributed by atoms with E-state index in [9.17, 15) is 9.59 Å². The second-order valence-electron chi connectivity index (χ2n) is 4.26. The summed E-state index contributed by atoms with van der Waals surface area (Å²) < 4.78 is 4.14. The van der Waals surface area contributed by atoms with Crippen LogP contribution in [0.4, 0.5) is 0 Å². The molecule has 1 rings (SSSR count). The summed E-state index contributed by atoms with van der Waals surface area (Å²) >= 11 is 0. The Labute approximate surface area is 110 Å². The van der Waals surface area contributed by atoms with Crippen molar-refractivity contribution in [2.75, 3.05) is 12.4 Å². The van der Waals surface area contributed by atoms with Crippen LogP contribution in [0.25, 0.3) is 0 Å². The molecule has 6 nitrogen and oxygen atoms in total. The summed E-state index contributed by atoms with van der Waals surface area (Å²) in [4.78, 5) is 23.3. The van der Waals surface area contributed by atoms with Crippen molar-refractivity contribution in [2.45, 2.75) is 38.9 Å². The van der Waals surface area contributed by atoms with E-state index in [0.29, 0.717) is 12.4 Å².